The van der Waals surface area contributed by atoms with Gasteiger partial charge in [-0.2, -0.15) is 0 Å². The van der Waals surface area contributed by atoms with Crippen molar-refractivity contribution >= 4 is 22.8 Å². The molecule has 1 heterocycles. The maximum atomic E-state index is 12.6. The number of benzene rings is 3. The van der Waals surface area contributed by atoms with Crippen LogP contribution in [0.3, 0.4) is 0 Å². The van der Waals surface area contributed by atoms with Crippen LogP contribution in [0.4, 0.5) is 0 Å². The molecular formula is C26H20NO6-. The average molecular weight is 442 g/mol. The number of carboxylic acid groups (broad SMARTS) is 1. The fourth-order valence-corrected chi connectivity index (χ4v) is 3.51. The number of ether oxygens (including phenoxy) is 1. The smallest absolute Gasteiger partial charge is 0.336 e. The van der Waals surface area contributed by atoms with Crippen LogP contribution in [0.1, 0.15) is 18.5 Å². The molecule has 0 radical (unpaired) electrons. The Morgan fingerprint density at radius 2 is 1.61 bits per heavy atom. The molecule has 7 heteroatoms. The van der Waals surface area contributed by atoms with E-state index in [-0.39, 0.29) is 0 Å². The lowest BCUT2D eigenvalue weighted by Gasteiger charge is -2.22. The van der Waals surface area contributed by atoms with Crippen LogP contribution in [0.5, 0.6) is 5.75 Å². The lowest BCUT2D eigenvalue weighted by atomic mass is 10.0. The molecule has 0 spiro atoms. The van der Waals surface area contributed by atoms with Crippen LogP contribution in [0.15, 0.2) is 94.1 Å². The summed E-state index contributed by atoms with van der Waals surface area (Å²) in [6, 6.07) is 22.7. The SMILES string of the molecule is C[C@H](Oc1ccc2c(-c3ccccc3)cc(=O)oc2c1)C(=O)N[C@H](C(=O)[O-])c1ccccc1. The van der Waals surface area contributed by atoms with E-state index in [4.69, 9.17) is 9.15 Å². The summed E-state index contributed by atoms with van der Waals surface area (Å²) < 4.78 is 11.0. The molecule has 33 heavy (non-hydrogen) atoms. The number of rotatable bonds is 7. The molecule has 1 N–H and O–H groups in total. The van der Waals surface area contributed by atoms with Crippen LogP contribution in [-0.2, 0) is 9.59 Å². The Morgan fingerprint density at radius 3 is 2.27 bits per heavy atom. The summed E-state index contributed by atoms with van der Waals surface area (Å²) in [5.74, 6) is -1.77. The van der Waals surface area contributed by atoms with Gasteiger partial charge in [-0.1, -0.05) is 60.7 Å². The third kappa shape index (κ3) is 4.93. The number of carbonyl (C=O) groups excluding carboxylic acids is 2. The van der Waals surface area contributed by atoms with Gasteiger partial charge < -0.3 is 24.4 Å². The standard InChI is InChI=1S/C26H21NO6/c1-16(25(29)27-24(26(30)31)18-10-6-3-7-11-18)32-19-12-13-20-21(17-8-4-2-5-9-17)15-23(28)33-22(20)14-19/h2-16,24H,1H3,(H,27,29)(H,30,31)/p-1/t16-,24-/m0/s1. The molecule has 0 saturated carbocycles. The van der Waals surface area contributed by atoms with Crippen LogP contribution in [0.2, 0.25) is 0 Å². The Hall–Kier alpha value is -4.39. The first-order chi connectivity index (χ1) is 15.9. The second-order valence-electron chi connectivity index (χ2n) is 7.43. The van der Waals surface area contributed by atoms with E-state index in [1.54, 1.807) is 42.5 Å². The van der Waals surface area contributed by atoms with Crippen molar-refractivity contribution in [3.8, 4) is 16.9 Å². The molecule has 0 bridgehead atoms. The summed E-state index contributed by atoms with van der Waals surface area (Å²) in [5, 5.41) is 14.7. The first kappa shape index (κ1) is 21.8. The molecule has 166 valence electrons. The first-order valence-corrected chi connectivity index (χ1v) is 10.3. The molecule has 3 aromatic carbocycles. The first-order valence-electron chi connectivity index (χ1n) is 10.3. The molecule has 4 aromatic rings. The van der Waals surface area contributed by atoms with E-state index in [1.165, 1.54) is 19.1 Å². The third-order valence-electron chi connectivity index (χ3n) is 5.14. The number of nitrogens with one attached hydrogen (secondary N) is 1. The van der Waals surface area contributed by atoms with E-state index in [0.29, 0.717) is 22.3 Å². The topological polar surface area (TPSA) is 109 Å². The molecule has 4 rings (SSSR count). The molecule has 1 aromatic heterocycles. The minimum absolute atomic E-state index is 0.295. The van der Waals surface area contributed by atoms with Gasteiger partial charge >= 0.3 is 5.63 Å². The largest absolute Gasteiger partial charge is 0.548 e. The zero-order valence-corrected chi connectivity index (χ0v) is 17.7. The highest BCUT2D eigenvalue weighted by atomic mass is 16.5. The molecule has 2 atom stereocenters. The number of carboxylic acids is 1. The van der Waals surface area contributed by atoms with Crippen LogP contribution in [0, 0.1) is 0 Å². The van der Waals surface area contributed by atoms with E-state index >= 15 is 0 Å². The lowest BCUT2D eigenvalue weighted by Crippen LogP contribution is -2.45. The second kappa shape index (κ2) is 9.40. The highest BCUT2D eigenvalue weighted by molar-refractivity contribution is 5.94. The quantitative estimate of drug-likeness (QED) is 0.441. The Balaban J connectivity index is 1.55. The number of fused-ring (bicyclic) bond motifs is 1. The van der Waals surface area contributed by atoms with Crippen molar-refractivity contribution < 1.29 is 23.8 Å². The minimum Gasteiger partial charge on any atom is -0.548 e. The van der Waals surface area contributed by atoms with Gasteiger partial charge in [-0.15, -0.1) is 0 Å². The maximum Gasteiger partial charge on any atom is 0.336 e. The number of hydrogen-bond acceptors (Lipinski definition) is 6. The molecular weight excluding hydrogens is 422 g/mol. The molecule has 7 nitrogen and oxygen atoms in total. The molecule has 0 fully saturated rings. The van der Waals surface area contributed by atoms with E-state index in [9.17, 15) is 19.5 Å². The second-order valence-corrected chi connectivity index (χ2v) is 7.43. The fraction of sp³-hybridized carbons (Fsp3) is 0.115. The van der Waals surface area contributed by atoms with Crippen LogP contribution in [-0.4, -0.2) is 18.0 Å². The van der Waals surface area contributed by atoms with Crippen molar-refractivity contribution in [2.24, 2.45) is 0 Å². The van der Waals surface area contributed by atoms with E-state index in [0.717, 1.165) is 11.1 Å². The average Bonchev–Trinajstić information content (AvgIpc) is 2.82. The van der Waals surface area contributed by atoms with Crippen molar-refractivity contribution in [3.63, 3.8) is 0 Å². The van der Waals surface area contributed by atoms with Crippen molar-refractivity contribution in [2.75, 3.05) is 0 Å². The summed E-state index contributed by atoms with van der Waals surface area (Å²) >= 11 is 0. The van der Waals surface area contributed by atoms with Gasteiger partial charge in [0.1, 0.15) is 11.3 Å². The third-order valence-corrected chi connectivity index (χ3v) is 5.14. The Labute approximate surface area is 189 Å². The van der Waals surface area contributed by atoms with Crippen molar-refractivity contribution in [2.45, 2.75) is 19.1 Å². The summed E-state index contributed by atoms with van der Waals surface area (Å²) in [6.45, 7) is 1.49. The molecule has 0 aliphatic heterocycles. The molecule has 0 aliphatic carbocycles. The fourth-order valence-electron chi connectivity index (χ4n) is 3.51. The highest BCUT2D eigenvalue weighted by Crippen LogP contribution is 2.30. The molecule has 0 saturated heterocycles. The summed E-state index contributed by atoms with van der Waals surface area (Å²) in [4.78, 5) is 36.2. The molecule has 1 amide bonds. The number of amides is 1. The predicted molar refractivity (Wildman–Crippen MR) is 120 cm³/mol. The predicted octanol–water partition coefficient (Wildman–Crippen LogP) is 2.83. The molecule has 0 aliphatic rings. The van der Waals surface area contributed by atoms with Crippen molar-refractivity contribution in [1.29, 1.82) is 0 Å². The normalized spacial score (nSPS) is 12.6. The van der Waals surface area contributed by atoms with Crippen LogP contribution in [0.25, 0.3) is 22.1 Å². The Morgan fingerprint density at radius 1 is 0.939 bits per heavy atom. The van der Waals surface area contributed by atoms with Gasteiger partial charge in [0.25, 0.3) is 5.91 Å². The van der Waals surface area contributed by atoms with E-state index in [1.807, 2.05) is 30.3 Å². The number of carbonyl (C=O) groups is 2. The highest BCUT2D eigenvalue weighted by Gasteiger charge is 2.21. The minimum atomic E-state index is -1.43. The zero-order valence-electron chi connectivity index (χ0n) is 17.7. The lowest BCUT2D eigenvalue weighted by molar-refractivity contribution is -0.308. The van der Waals surface area contributed by atoms with Gasteiger partial charge in [0, 0.05) is 17.5 Å². The zero-order chi connectivity index (χ0) is 23.4. The Kier molecular flexibility index (Phi) is 6.22. The number of hydrogen-bond donors (Lipinski definition) is 1. The Bertz CT molecular complexity index is 1350. The number of aliphatic carboxylic acids is 1. The van der Waals surface area contributed by atoms with Gasteiger partial charge in [-0.25, -0.2) is 4.79 Å². The van der Waals surface area contributed by atoms with Crippen molar-refractivity contribution in [3.05, 3.63) is 101 Å². The van der Waals surface area contributed by atoms with Gasteiger partial charge in [-0.3, -0.25) is 4.79 Å². The molecule has 0 unspecified atom stereocenters. The van der Waals surface area contributed by atoms with Crippen LogP contribution < -0.4 is 20.8 Å². The van der Waals surface area contributed by atoms with Gasteiger partial charge in [0.2, 0.25) is 0 Å². The van der Waals surface area contributed by atoms with Crippen LogP contribution >= 0.6 is 0 Å². The maximum absolute atomic E-state index is 12.6. The van der Waals surface area contributed by atoms with Gasteiger partial charge in [0.15, 0.2) is 6.10 Å². The monoisotopic (exact) mass is 442 g/mol. The summed E-state index contributed by atoms with van der Waals surface area (Å²) in [7, 11) is 0. The van der Waals surface area contributed by atoms with Gasteiger partial charge in [0.05, 0.1) is 12.0 Å². The van der Waals surface area contributed by atoms with Gasteiger partial charge in [-0.05, 0) is 35.7 Å². The summed E-state index contributed by atoms with van der Waals surface area (Å²) in [5.41, 5.74) is 1.77. The van der Waals surface area contributed by atoms with E-state index in [2.05, 4.69) is 5.32 Å². The van der Waals surface area contributed by atoms with Crippen molar-refractivity contribution in [1.82, 2.24) is 5.32 Å². The van der Waals surface area contributed by atoms with E-state index < -0.39 is 29.6 Å². The summed E-state index contributed by atoms with van der Waals surface area (Å²) in [6.07, 6.45) is -1.02.